The predicted molar refractivity (Wildman–Crippen MR) is 97.3 cm³/mol. The predicted octanol–water partition coefficient (Wildman–Crippen LogP) is 5.06. The molecule has 1 N–H and O–H groups in total. The Bertz CT molecular complexity index is 438. The van der Waals surface area contributed by atoms with E-state index in [-0.39, 0.29) is 5.78 Å². The van der Waals surface area contributed by atoms with E-state index in [4.69, 9.17) is 9.84 Å². The molecule has 23 heavy (non-hydrogen) atoms. The van der Waals surface area contributed by atoms with Crippen molar-refractivity contribution in [1.29, 1.82) is 0 Å². The van der Waals surface area contributed by atoms with Crippen LogP contribution in [0.3, 0.4) is 0 Å². The Morgan fingerprint density at radius 2 is 2.00 bits per heavy atom. The molecule has 1 rings (SSSR count). The SMILES string of the molecule is C=C(C)C(=O)CC.CCC(C)CCOC.O=C(O)c1cccs1. The number of aromatic carboxylic acids is 1. The lowest BCUT2D eigenvalue weighted by Gasteiger charge is -2.04. The second-order valence-electron chi connectivity index (χ2n) is 5.13. The normalized spacial score (nSPS) is 10.5. The van der Waals surface area contributed by atoms with Gasteiger partial charge in [-0.2, -0.15) is 0 Å². The largest absolute Gasteiger partial charge is 0.477 e. The number of thiophene rings is 1. The van der Waals surface area contributed by atoms with Crippen LogP contribution in [0.25, 0.3) is 0 Å². The maximum Gasteiger partial charge on any atom is 0.345 e. The fourth-order valence-corrected chi connectivity index (χ4v) is 1.79. The lowest BCUT2D eigenvalue weighted by molar-refractivity contribution is -0.115. The van der Waals surface area contributed by atoms with Crippen LogP contribution in [0.5, 0.6) is 0 Å². The van der Waals surface area contributed by atoms with Gasteiger partial charge in [0.05, 0.1) is 0 Å². The molecule has 0 saturated carbocycles. The third kappa shape index (κ3) is 15.2. The maximum atomic E-state index is 10.4. The van der Waals surface area contributed by atoms with Crippen LogP contribution >= 0.6 is 11.3 Å². The molecule has 0 fully saturated rings. The van der Waals surface area contributed by atoms with Crippen LogP contribution < -0.4 is 0 Å². The van der Waals surface area contributed by atoms with Gasteiger partial charge in [0.1, 0.15) is 4.88 Å². The van der Waals surface area contributed by atoms with Gasteiger partial charge in [0.25, 0.3) is 0 Å². The van der Waals surface area contributed by atoms with Crippen molar-refractivity contribution in [3.05, 3.63) is 34.5 Å². The standard InChI is InChI=1S/C7H16O.C6H10O.C5H4O2S/c1-4-7(2)5-6-8-3;1-4-6(7)5(2)3;6-5(7)4-2-1-3-8-4/h7H,4-6H2,1-3H3;2,4H2,1,3H3;1-3H,(H,6,7). The third-order valence-corrected chi connectivity index (χ3v) is 3.90. The molecule has 132 valence electrons. The molecule has 1 aromatic heterocycles. The summed E-state index contributed by atoms with van der Waals surface area (Å²) < 4.78 is 4.91. The quantitative estimate of drug-likeness (QED) is 0.704. The smallest absolute Gasteiger partial charge is 0.345 e. The van der Waals surface area contributed by atoms with Gasteiger partial charge in [-0.3, -0.25) is 4.79 Å². The fourth-order valence-electron chi connectivity index (χ4n) is 1.23. The molecule has 1 heterocycles. The molecular weight excluding hydrogens is 312 g/mol. The van der Waals surface area contributed by atoms with Crippen molar-refractivity contribution in [2.24, 2.45) is 5.92 Å². The highest BCUT2D eigenvalue weighted by Gasteiger charge is 1.99. The summed E-state index contributed by atoms with van der Waals surface area (Å²) in [6, 6.07) is 3.29. The Hall–Kier alpha value is -1.46. The third-order valence-electron chi connectivity index (χ3n) is 3.04. The maximum absolute atomic E-state index is 10.4. The zero-order valence-electron chi connectivity index (χ0n) is 14.9. The molecule has 0 aliphatic rings. The van der Waals surface area contributed by atoms with Gasteiger partial charge in [-0.1, -0.05) is 39.8 Å². The summed E-state index contributed by atoms with van der Waals surface area (Å²) in [4.78, 5) is 20.9. The van der Waals surface area contributed by atoms with Gasteiger partial charge in [-0.25, -0.2) is 4.79 Å². The van der Waals surface area contributed by atoms with Crippen LogP contribution in [-0.4, -0.2) is 30.6 Å². The molecule has 0 bridgehead atoms. The Morgan fingerprint density at radius 1 is 1.39 bits per heavy atom. The Balaban J connectivity index is 0. The lowest BCUT2D eigenvalue weighted by atomic mass is 10.1. The molecule has 4 nitrogen and oxygen atoms in total. The van der Waals surface area contributed by atoms with Crippen molar-refractivity contribution in [3.63, 3.8) is 0 Å². The van der Waals surface area contributed by atoms with Crippen LogP contribution in [0.2, 0.25) is 0 Å². The summed E-state index contributed by atoms with van der Waals surface area (Å²) in [6.45, 7) is 12.4. The molecule has 1 unspecified atom stereocenters. The molecule has 1 aromatic rings. The van der Waals surface area contributed by atoms with Crippen molar-refractivity contribution >= 4 is 23.1 Å². The summed E-state index contributed by atoms with van der Waals surface area (Å²) in [5.74, 6) is 0.134. The van der Waals surface area contributed by atoms with Crippen molar-refractivity contribution in [2.75, 3.05) is 13.7 Å². The molecule has 5 heteroatoms. The van der Waals surface area contributed by atoms with Crippen molar-refractivity contribution in [2.45, 2.75) is 47.0 Å². The number of allylic oxidation sites excluding steroid dienone is 1. The average Bonchev–Trinajstić information content (AvgIpc) is 3.07. The number of carbonyl (C=O) groups excluding carboxylic acids is 1. The van der Waals surface area contributed by atoms with E-state index in [2.05, 4.69) is 20.4 Å². The monoisotopic (exact) mass is 342 g/mol. The summed E-state index contributed by atoms with van der Waals surface area (Å²) in [7, 11) is 1.75. The van der Waals surface area contributed by atoms with Crippen molar-refractivity contribution < 1.29 is 19.4 Å². The summed E-state index contributed by atoms with van der Waals surface area (Å²) in [5, 5.41) is 10.0. The molecule has 0 aromatic carbocycles. The van der Waals surface area contributed by atoms with E-state index in [0.717, 1.165) is 12.5 Å². The van der Waals surface area contributed by atoms with Crippen molar-refractivity contribution in [3.8, 4) is 0 Å². The number of ketones is 1. The van der Waals surface area contributed by atoms with Gasteiger partial charge < -0.3 is 9.84 Å². The number of ether oxygens (including phenoxy) is 1. The first-order valence-electron chi connectivity index (χ1n) is 7.74. The average molecular weight is 343 g/mol. The lowest BCUT2D eigenvalue weighted by Crippen LogP contribution is -1.97. The summed E-state index contributed by atoms with van der Waals surface area (Å²) in [5.41, 5.74) is 0.655. The number of methoxy groups -OCH3 is 1. The molecule has 0 spiro atoms. The Kier molecular flexibility index (Phi) is 16.0. The van der Waals surface area contributed by atoms with Gasteiger partial charge in [-0.15, -0.1) is 11.3 Å². The van der Waals surface area contributed by atoms with E-state index in [1.165, 1.54) is 24.2 Å². The van der Waals surface area contributed by atoms with Gasteiger partial charge >= 0.3 is 5.97 Å². The first-order valence-corrected chi connectivity index (χ1v) is 8.62. The van der Waals surface area contributed by atoms with E-state index in [9.17, 15) is 9.59 Å². The number of rotatable bonds is 7. The van der Waals surface area contributed by atoms with E-state index < -0.39 is 5.97 Å². The van der Waals surface area contributed by atoms with E-state index in [0.29, 0.717) is 16.9 Å². The summed E-state index contributed by atoms with van der Waals surface area (Å²) >= 11 is 1.23. The minimum absolute atomic E-state index is 0.153. The second-order valence-corrected chi connectivity index (χ2v) is 6.08. The second kappa shape index (κ2) is 15.4. The highest BCUT2D eigenvalue weighted by Crippen LogP contribution is 2.06. The van der Waals surface area contributed by atoms with Crippen LogP contribution in [-0.2, 0) is 9.53 Å². The van der Waals surface area contributed by atoms with Crippen LogP contribution in [0, 0.1) is 5.92 Å². The highest BCUT2D eigenvalue weighted by molar-refractivity contribution is 7.11. The minimum atomic E-state index is -0.847. The number of hydrogen-bond donors (Lipinski definition) is 1. The molecular formula is C18H30O4S. The van der Waals surface area contributed by atoms with E-state index in [1.54, 1.807) is 31.5 Å². The number of carboxylic acids is 1. The molecule has 1 atom stereocenters. The van der Waals surface area contributed by atoms with Gasteiger partial charge in [-0.05, 0) is 36.3 Å². The van der Waals surface area contributed by atoms with Crippen molar-refractivity contribution in [1.82, 2.24) is 0 Å². The zero-order valence-corrected chi connectivity index (χ0v) is 15.7. The molecule has 0 radical (unpaired) electrons. The minimum Gasteiger partial charge on any atom is -0.477 e. The fraction of sp³-hybridized carbons (Fsp3) is 0.556. The first-order chi connectivity index (χ1) is 10.8. The number of hydrogen-bond acceptors (Lipinski definition) is 4. The number of Topliss-reactive ketones (excluding diaryl/α,β-unsaturated/α-hetero) is 1. The van der Waals surface area contributed by atoms with Crippen LogP contribution in [0.4, 0.5) is 0 Å². The number of carbonyl (C=O) groups is 2. The molecule has 0 aliphatic heterocycles. The molecule has 0 amide bonds. The first kappa shape index (κ1) is 23.8. The van der Waals surface area contributed by atoms with Gasteiger partial charge in [0, 0.05) is 20.1 Å². The van der Waals surface area contributed by atoms with Crippen LogP contribution in [0.15, 0.2) is 29.7 Å². The van der Waals surface area contributed by atoms with E-state index in [1.807, 2.05) is 6.92 Å². The summed E-state index contributed by atoms with van der Waals surface area (Å²) in [6.07, 6.45) is 3.05. The number of carboxylic acid groups (broad SMARTS) is 1. The van der Waals surface area contributed by atoms with Gasteiger partial charge in [0.2, 0.25) is 0 Å². The van der Waals surface area contributed by atoms with Crippen LogP contribution in [0.1, 0.15) is 56.6 Å². The highest BCUT2D eigenvalue weighted by atomic mass is 32.1. The Morgan fingerprint density at radius 3 is 2.22 bits per heavy atom. The molecule has 0 aliphatic carbocycles. The molecule has 0 saturated heterocycles. The van der Waals surface area contributed by atoms with Gasteiger partial charge in [0.15, 0.2) is 5.78 Å². The van der Waals surface area contributed by atoms with E-state index >= 15 is 0 Å². The zero-order chi connectivity index (χ0) is 18.3. The Labute approximate surface area is 144 Å². The topological polar surface area (TPSA) is 63.6 Å².